The van der Waals surface area contributed by atoms with Gasteiger partial charge in [-0.2, -0.15) is 10.1 Å². The summed E-state index contributed by atoms with van der Waals surface area (Å²) < 4.78 is 38.0. The van der Waals surface area contributed by atoms with Crippen molar-refractivity contribution < 1.29 is 22.4 Å². The normalized spacial score (nSPS) is 15.2. The summed E-state index contributed by atoms with van der Waals surface area (Å²) in [5.41, 5.74) is 1.43. The lowest BCUT2D eigenvalue weighted by Crippen LogP contribution is -2.22. The zero-order valence-electron chi connectivity index (χ0n) is 17.3. The lowest BCUT2D eigenvalue weighted by atomic mass is 10.2. The van der Waals surface area contributed by atoms with E-state index in [9.17, 15) is 13.6 Å². The Kier molecular flexibility index (Phi) is 5.95. The average Bonchev–Trinajstić information content (AvgIpc) is 3.55. The van der Waals surface area contributed by atoms with Crippen molar-refractivity contribution in [3.05, 3.63) is 101 Å². The first-order valence-electron chi connectivity index (χ1n) is 10.00. The van der Waals surface area contributed by atoms with Crippen LogP contribution in [0.5, 0.6) is 0 Å². The van der Waals surface area contributed by atoms with Crippen molar-refractivity contribution >= 4 is 46.5 Å². The molecule has 1 aliphatic rings. The number of carbonyl (C=O) groups excluding carboxylic acids is 1. The molecule has 0 unspecified atom stereocenters. The smallest absolute Gasteiger partial charge is 0.286 e. The lowest BCUT2D eigenvalue weighted by molar-refractivity contribution is -0.122. The molecule has 0 bridgehead atoms. The molecule has 4 aromatic rings. The molecule has 2 aromatic heterocycles. The number of thiocarbonyl (C=S) groups is 1. The Morgan fingerprint density at radius 2 is 1.32 bits per heavy atom. The molecular formula is C25H14F2N2O3S2. The van der Waals surface area contributed by atoms with Crippen LogP contribution in [0.25, 0.3) is 28.7 Å². The number of hydrazone groups is 1. The number of hydrogen-bond acceptors (Lipinski definition) is 6. The highest BCUT2D eigenvalue weighted by Gasteiger charge is 2.32. The van der Waals surface area contributed by atoms with Gasteiger partial charge in [0.05, 0.1) is 11.1 Å². The van der Waals surface area contributed by atoms with Crippen LogP contribution < -0.4 is 0 Å². The van der Waals surface area contributed by atoms with Crippen LogP contribution in [0.1, 0.15) is 11.5 Å². The molecule has 34 heavy (non-hydrogen) atoms. The van der Waals surface area contributed by atoms with Crippen molar-refractivity contribution in [2.45, 2.75) is 0 Å². The Morgan fingerprint density at radius 3 is 1.91 bits per heavy atom. The maximum Gasteiger partial charge on any atom is 0.286 e. The third-order valence-electron chi connectivity index (χ3n) is 4.86. The maximum absolute atomic E-state index is 13.1. The molecule has 2 aromatic carbocycles. The molecule has 1 saturated heterocycles. The number of halogens is 2. The van der Waals surface area contributed by atoms with E-state index in [1.165, 1.54) is 30.5 Å². The summed E-state index contributed by atoms with van der Waals surface area (Å²) in [5, 5.41) is 5.27. The van der Waals surface area contributed by atoms with Gasteiger partial charge in [0.15, 0.2) is 4.32 Å². The van der Waals surface area contributed by atoms with Crippen LogP contribution in [0, 0.1) is 11.6 Å². The zero-order chi connectivity index (χ0) is 23.7. The third-order valence-corrected chi connectivity index (χ3v) is 6.14. The molecule has 3 heterocycles. The Bertz CT molecular complexity index is 1440. The molecular weight excluding hydrogens is 478 g/mol. The first kappa shape index (κ1) is 22.0. The fourth-order valence-electron chi connectivity index (χ4n) is 3.19. The Labute approximate surface area is 202 Å². The first-order chi connectivity index (χ1) is 16.5. The first-order valence-corrected chi connectivity index (χ1v) is 11.2. The van der Waals surface area contributed by atoms with Crippen LogP contribution in [0.4, 0.5) is 8.78 Å². The molecule has 1 fully saturated rings. The maximum atomic E-state index is 13.1. The van der Waals surface area contributed by atoms with Gasteiger partial charge in [0, 0.05) is 17.2 Å². The summed E-state index contributed by atoms with van der Waals surface area (Å²) in [5.74, 6) is 0.903. The van der Waals surface area contributed by atoms with E-state index in [0.717, 1.165) is 22.3 Å². The molecule has 0 atom stereocenters. The van der Waals surface area contributed by atoms with Crippen molar-refractivity contribution in [3.63, 3.8) is 0 Å². The van der Waals surface area contributed by atoms with Crippen LogP contribution in [0.3, 0.4) is 0 Å². The van der Waals surface area contributed by atoms with E-state index < -0.39 is 5.91 Å². The lowest BCUT2D eigenvalue weighted by Gasteiger charge is -2.05. The SMILES string of the molecule is O=C1/C(=C/c2ccc(-c3ccc(F)cc3)o2)SC(=S)N1/N=C\c1ccc(-c2ccc(F)cc2)o1. The van der Waals surface area contributed by atoms with E-state index in [-0.39, 0.29) is 16.0 Å². The van der Waals surface area contributed by atoms with Crippen LogP contribution in [-0.2, 0) is 4.79 Å². The van der Waals surface area contributed by atoms with Gasteiger partial charge in [0.1, 0.15) is 34.7 Å². The summed E-state index contributed by atoms with van der Waals surface area (Å²) in [6.45, 7) is 0. The van der Waals surface area contributed by atoms with Gasteiger partial charge in [0.2, 0.25) is 0 Å². The fourth-order valence-corrected chi connectivity index (χ4v) is 4.35. The predicted octanol–water partition coefficient (Wildman–Crippen LogP) is 6.72. The Hall–Kier alpha value is -3.82. The minimum Gasteiger partial charge on any atom is -0.457 e. The van der Waals surface area contributed by atoms with Crippen LogP contribution in [-0.4, -0.2) is 21.5 Å². The molecule has 0 aliphatic carbocycles. The van der Waals surface area contributed by atoms with E-state index in [1.54, 1.807) is 54.6 Å². The highest BCUT2D eigenvalue weighted by molar-refractivity contribution is 8.26. The van der Waals surface area contributed by atoms with Gasteiger partial charge in [-0.15, -0.1) is 0 Å². The summed E-state index contributed by atoms with van der Waals surface area (Å²) in [6.07, 6.45) is 2.97. The highest BCUT2D eigenvalue weighted by atomic mass is 32.2. The second-order valence-electron chi connectivity index (χ2n) is 7.16. The quantitative estimate of drug-likeness (QED) is 0.176. The number of amides is 1. The molecule has 0 radical (unpaired) electrons. The fraction of sp³-hybridized carbons (Fsp3) is 0. The monoisotopic (exact) mass is 492 g/mol. The van der Waals surface area contributed by atoms with E-state index in [4.69, 9.17) is 21.1 Å². The van der Waals surface area contributed by atoms with E-state index in [1.807, 2.05) is 0 Å². The van der Waals surface area contributed by atoms with Gasteiger partial charge >= 0.3 is 0 Å². The minimum absolute atomic E-state index is 0.267. The van der Waals surface area contributed by atoms with Crippen molar-refractivity contribution in [2.24, 2.45) is 5.10 Å². The van der Waals surface area contributed by atoms with Crippen molar-refractivity contribution in [2.75, 3.05) is 0 Å². The van der Waals surface area contributed by atoms with Gasteiger partial charge < -0.3 is 8.83 Å². The summed E-state index contributed by atoms with van der Waals surface area (Å²) >= 11 is 6.40. The molecule has 1 aliphatic heterocycles. The summed E-state index contributed by atoms with van der Waals surface area (Å²) in [4.78, 5) is 13.2. The van der Waals surface area contributed by atoms with Crippen molar-refractivity contribution in [3.8, 4) is 22.6 Å². The number of thioether (sulfide) groups is 1. The standard InChI is InChI=1S/C25H14F2N2O3S2/c26-17-5-1-15(2-6-17)21-11-9-19(31-21)13-23-24(30)29(25(33)34-23)28-14-20-10-12-22(32-20)16-3-7-18(27)8-4-16/h1-14H/b23-13-,28-14-. The van der Waals surface area contributed by atoms with E-state index in [0.29, 0.717) is 33.5 Å². The molecule has 168 valence electrons. The van der Waals surface area contributed by atoms with Gasteiger partial charge in [-0.05, 0) is 85.0 Å². The molecule has 5 rings (SSSR count). The molecule has 5 nitrogen and oxygen atoms in total. The van der Waals surface area contributed by atoms with Crippen LogP contribution in [0.15, 0.2) is 91.6 Å². The van der Waals surface area contributed by atoms with Gasteiger partial charge in [-0.25, -0.2) is 8.78 Å². The molecule has 0 spiro atoms. The number of furan rings is 2. The topological polar surface area (TPSA) is 59.0 Å². The molecule has 9 heteroatoms. The number of benzene rings is 2. The van der Waals surface area contributed by atoms with Gasteiger partial charge in [0.25, 0.3) is 5.91 Å². The Morgan fingerprint density at radius 1 is 0.794 bits per heavy atom. The average molecular weight is 493 g/mol. The number of hydrogen-bond donors (Lipinski definition) is 0. The van der Waals surface area contributed by atoms with E-state index in [2.05, 4.69) is 5.10 Å². The largest absolute Gasteiger partial charge is 0.457 e. The van der Waals surface area contributed by atoms with Gasteiger partial charge in [-0.3, -0.25) is 4.79 Å². The van der Waals surface area contributed by atoms with Crippen molar-refractivity contribution in [1.82, 2.24) is 5.01 Å². The van der Waals surface area contributed by atoms with Crippen molar-refractivity contribution in [1.29, 1.82) is 0 Å². The number of carbonyl (C=O) groups is 1. The number of nitrogens with zero attached hydrogens (tertiary/aromatic N) is 2. The third kappa shape index (κ3) is 4.61. The second-order valence-corrected chi connectivity index (χ2v) is 8.83. The summed E-state index contributed by atoms with van der Waals surface area (Å²) in [6, 6.07) is 18.7. The second kappa shape index (κ2) is 9.20. The zero-order valence-corrected chi connectivity index (χ0v) is 18.9. The molecule has 0 saturated carbocycles. The van der Waals surface area contributed by atoms with Crippen LogP contribution in [0.2, 0.25) is 0 Å². The van der Waals surface area contributed by atoms with E-state index >= 15 is 0 Å². The van der Waals surface area contributed by atoms with Gasteiger partial charge in [-0.1, -0.05) is 11.8 Å². The molecule has 1 amide bonds. The molecule has 0 N–H and O–H groups in total. The summed E-state index contributed by atoms with van der Waals surface area (Å²) in [7, 11) is 0. The highest BCUT2D eigenvalue weighted by Crippen LogP contribution is 2.34. The minimum atomic E-state index is -0.392. The predicted molar refractivity (Wildman–Crippen MR) is 131 cm³/mol. The van der Waals surface area contributed by atoms with Crippen LogP contribution >= 0.6 is 24.0 Å². The number of rotatable bonds is 5. The Balaban J connectivity index is 1.30.